The maximum atomic E-state index is 8.59. The molecule has 0 heterocycles. The molecule has 0 saturated carbocycles. The van der Waals surface area contributed by atoms with Crippen molar-refractivity contribution < 1.29 is 0 Å². The van der Waals surface area contributed by atoms with Crippen molar-refractivity contribution in [2.75, 3.05) is 0 Å². The second kappa shape index (κ2) is 16.2. The minimum absolute atomic E-state index is 0.778. The van der Waals surface area contributed by atoms with E-state index in [9.17, 15) is 0 Å². The smallest absolute Gasteiger partial charge is 0.0994 e. The molecule has 1 aliphatic rings. The van der Waals surface area contributed by atoms with Crippen LogP contribution in [0.4, 0.5) is 0 Å². The first-order chi connectivity index (χ1) is 16.8. The number of nitriles is 1. The summed E-state index contributed by atoms with van der Waals surface area (Å²) in [5.74, 6) is 0. The van der Waals surface area contributed by atoms with Gasteiger partial charge >= 0.3 is 0 Å². The van der Waals surface area contributed by atoms with Crippen molar-refractivity contribution in [3.63, 3.8) is 0 Å². The van der Waals surface area contributed by atoms with Gasteiger partial charge in [-0.15, -0.1) is 0 Å². The molecule has 2 aromatic rings. The van der Waals surface area contributed by atoms with Crippen molar-refractivity contribution in [1.82, 2.24) is 0 Å². The van der Waals surface area contributed by atoms with Crippen LogP contribution in [-0.4, -0.2) is 5.71 Å². The van der Waals surface area contributed by atoms with Gasteiger partial charge in [0.2, 0.25) is 0 Å². The van der Waals surface area contributed by atoms with Crippen molar-refractivity contribution in [3.8, 4) is 6.07 Å². The van der Waals surface area contributed by atoms with Gasteiger partial charge in [0.05, 0.1) is 11.6 Å². The molecule has 2 nitrogen and oxygen atoms in total. The molecule has 0 amide bonds. The quantitative estimate of drug-likeness (QED) is 0.319. The van der Waals surface area contributed by atoms with Crippen LogP contribution >= 0.6 is 0 Å². The lowest BCUT2D eigenvalue weighted by Gasteiger charge is -2.16. The van der Waals surface area contributed by atoms with Gasteiger partial charge in [0.1, 0.15) is 0 Å². The van der Waals surface area contributed by atoms with Crippen LogP contribution in [0, 0.1) is 32.1 Å². The van der Waals surface area contributed by atoms with E-state index in [1.165, 1.54) is 53.5 Å². The molecule has 0 aliphatic heterocycles. The standard InChI is InChI=1S/C13H16.C11H17N.C9H9N/c1-4-6-7-13-9-8-12(5-2)10-11(13)3;1-4-12-10(3)11-8-6-5-7-9(11)2;1-7-3-4-8(2)9(5-7)6-10/h4,6-10H,1,5H2,2-3H3;4H,1,5-8H2,2-3H3;3-5H,1-2H3/b7-6-;;. The van der Waals surface area contributed by atoms with Crippen LogP contribution in [0.5, 0.6) is 0 Å². The molecule has 0 fully saturated rings. The highest BCUT2D eigenvalue weighted by atomic mass is 14.7. The fourth-order valence-electron chi connectivity index (χ4n) is 3.93. The van der Waals surface area contributed by atoms with E-state index in [2.05, 4.69) is 76.2 Å². The van der Waals surface area contributed by atoms with Gasteiger partial charge in [0, 0.05) is 11.9 Å². The van der Waals surface area contributed by atoms with Gasteiger partial charge in [-0.2, -0.15) is 5.26 Å². The normalized spacial score (nSPS) is 13.2. The minimum Gasteiger partial charge on any atom is -0.262 e. The van der Waals surface area contributed by atoms with Crippen LogP contribution in [0.3, 0.4) is 0 Å². The first-order valence-electron chi connectivity index (χ1n) is 12.5. The van der Waals surface area contributed by atoms with Crippen LogP contribution in [0.2, 0.25) is 0 Å². The molecule has 2 aromatic carbocycles. The summed E-state index contributed by atoms with van der Waals surface area (Å²) in [5, 5.41) is 8.59. The lowest BCUT2D eigenvalue weighted by atomic mass is 9.90. The maximum Gasteiger partial charge on any atom is 0.0994 e. The monoisotopic (exact) mass is 466 g/mol. The molecule has 0 spiro atoms. The third-order valence-electron chi connectivity index (χ3n) is 6.13. The van der Waals surface area contributed by atoms with Gasteiger partial charge in [-0.3, -0.25) is 4.99 Å². The highest BCUT2D eigenvalue weighted by Crippen LogP contribution is 2.25. The Morgan fingerprint density at radius 1 is 1.00 bits per heavy atom. The van der Waals surface area contributed by atoms with Gasteiger partial charge in [0.15, 0.2) is 0 Å². The van der Waals surface area contributed by atoms with Crippen LogP contribution in [0.1, 0.15) is 79.8 Å². The van der Waals surface area contributed by atoms with E-state index >= 15 is 0 Å². The predicted molar refractivity (Wildman–Crippen MR) is 155 cm³/mol. The minimum atomic E-state index is 0.778. The van der Waals surface area contributed by atoms with Crippen molar-refractivity contribution in [1.29, 1.82) is 5.26 Å². The summed E-state index contributed by atoms with van der Waals surface area (Å²) < 4.78 is 0. The highest BCUT2D eigenvalue weighted by molar-refractivity contribution is 5.99. The third kappa shape index (κ3) is 10.6. The van der Waals surface area contributed by atoms with Gasteiger partial charge in [-0.05, 0) is 106 Å². The maximum absolute atomic E-state index is 8.59. The van der Waals surface area contributed by atoms with Crippen LogP contribution in [0.15, 0.2) is 84.0 Å². The van der Waals surface area contributed by atoms with E-state index in [0.29, 0.717) is 0 Å². The molecule has 184 valence electrons. The van der Waals surface area contributed by atoms with Gasteiger partial charge in [0.25, 0.3) is 0 Å². The lowest BCUT2D eigenvalue weighted by Crippen LogP contribution is -2.05. The second-order valence-corrected chi connectivity index (χ2v) is 8.93. The number of benzene rings is 2. The number of aryl methyl sites for hydroxylation is 4. The van der Waals surface area contributed by atoms with Crippen LogP contribution in [-0.2, 0) is 6.42 Å². The molecule has 1 aliphatic carbocycles. The number of aliphatic imine (C=N–C) groups is 1. The van der Waals surface area contributed by atoms with Crippen molar-refractivity contribution >= 4 is 11.8 Å². The Morgan fingerprint density at radius 3 is 2.26 bits per heavy atom. The fourth-order valence-corrected chi connectivity index (χ4v) is 3.93. The van der Waals surface area contributed by atoms with Crippen LogP contribution in [0.25, 0.3) is 6.08 Å². The Bertz CT molecular complexity index is 1110. The van der Waals surface area contributed by atoms with E-state index in [-0.39, 0.29) is 0 Å². The topological polar surface area (TPSA) is 36.1 Å². The van der Waals surface area contributed by atoms with Crippen molar-refractivity contribution in [2.24, 2.45) is 4.99 Å². The van der Waals surface area contributed by atoms with E-state index in [4.69, 9.17) is 5.26 Å². The zero-order valence-corrected chi connectivity index (χ0v) is 22.6. The van der Waals surface area contributed by atoms with Crippen molar-refractivity contribution in [3.05, 3.63) is 112 Å². The first-order valence-corrected chi connectivity index (χ1v) is 12.5. The van der Waals surface area contributed by atoms with Gasteiger partial charge < -0.3 is 0 Å². The predicted octanol–water partition coefficient (Wildman–Crippen LogP) is 9.41. The molecule has 3 rings (SSSR count). The molecule has 0 bridgehead atoms. The Kier molecular flexibility index (Phi) is 13.7. The summed E-state index contributed by atoms with van der Waals surface area (Å²) >= 11 is 0. The van der Waals surface area contributed by atoms with E-state index in [1.54, 1.807) is 12.3 Å². The summed E-state index contributed by atoms with van der Waals surface area (Å²) in [7, 11) is 0. The summed E-state index contributed by atoms with van der Waals surface area (Å²) in [4.78, 5) is 4.22. The summed E-state index contributed by atoms with van der Waals surface area (Å²) in [6.45, 7) is 19.8. The lowest BCUT2D eigenvalue weighted by molar-refractivity contribution is 0.688. The zero-order valence-electron chi connectivity index (χ0n) is 22.6. The SMILES string of the molecule is C=C/C=C\c1ccc(CC)cc1C.C=CN=C(C)C1=C(C)CCCC1.Cc1ccc(C)c(C#N)c1. The molecule has 0 unspecified atom stereocenters. The molecular formula is C33H42N2. The Hall–Kier alpha value is -3.44. The average Bonchev–Trinajstić information content (AvgIpc) is 2.86. The Morgan fingerprint density at radius 2 is 1.71 bits per heavy atom. The number of nitrogens with zero attached hydrogens (tertiary/aromatic N) is 2. The van der Waals surface area contributed by atoms with E-state index in [0.717, 1.165) is 28.8 Å². The van der Waals surface area contributed by atoms with E-state index < -0.39 is 0 Å². The third-order valence-corrected chi connectivity index (χ3v) is 6.13. The summed E-state index contributed by atoms with van der Waals surface area (Å²) in [6.07, 6.45) is 13.7. The fraction of sp³-hybridized carbons (Fsp3) is 0.333. The van der Waals surface area contributed by atoms with Crippen LogP contribution < -0.4 is 0 Å². The number of hydrogen-bond donors (Lipinski definition) is 0. The molecule has 0 radical (unpaired) electrons. The van der Waals surface area contributed by atoms with Crippen molar-refractivity contribution in [2.45, 2.75) is 73.6 Å². The first kappa shape index (κ1) is 29.6. The molecule has 0 aromatic heterocycles. The number of hydrogen-bond acceptors (Lipinski definition) is 2. The summed E-state index contributed by atoms with van der Waals surface area (Å²) in [5.41, 5.74) is 11.1. The molecule has 0 N–H and O–H groups in total. The summed E-state index contributed by atoms with van der Waals surface area (Å²) in [6, 6.07) is 14.6. The van der Waals surface area contributed by atoms with E-state index in [1.807, 2.05) is 38.1 Å². The zero-order chi connectivity index (χ0) is 26.2. The largest absolute Gasteiger partial charge is 0.262 e. The van der Waals surface area contributed by atoms with Gasteiger partial charge in [-0.25, -0.2) is 0 Å². The average molecular weight is 467 g/mol. The molecule has 35 heavy (non-hydrogen) atoms. The Labute approximate surface area is 214 Å². The van der Waals surface area contributed by atoms with Gasteiger partial charge in [-0.1, -0.05) is 74.2 Å². The molecule has 2 heteroatoms. The Balaban J connectivity index is 0.000000265. The molecular weight excluding hydrogens is 424 g/mol. The number of allylic oxidation sites excluding steroid dienone is 4. The highest BCUT2D eigenvalue weighted by Gasteiger charge is 2.10. The second-order valence-electron chi connectivity index (χ2n) is 8.93. The number of rotatable bonds is 5. The molecule has 0 saturated heterocycles. The molecule has 0 atom stereocenters.